The van der Waals surface area contributed by atoms with Gasteiger partial charge in [0.15, 0.2) is 0 Å². The van der Waals surface area contributed by atoms with Crippen molar-refractivity contribution in [2.24, 2.45) is 5.92 Å². The van der Waals surface area contributed by atoms with Crippen molar-refractivity contribution in [3.05, 3.63) is 23.4 Å². The molecule has 2 N–H and O–H groups in total. The van der Waals surface area contributed by atoms with Crippen LogP contribution in [0.15, 0.2) is 12.1 Å². The van der Waals surface area contributed by atoms with Gasteiger partial charge in [0.05, 0.1) is 12.7 Å². The van der Waals surface area contributed by atoms with Gasteiger partial charge >= 0.3 is 0 Å². The maximum Gasteiger partial charge on any atom is 0.129 e. The molecule has 1 aromatic heterocycles. The summed E-state index contributed by atoms with van der Waals surface area (Å²) in [6, 6.07) is 3.86. The molecule has 1 fully saturated rings. The van der Waals surface area contributed by atoms with Crippen LogP contribution >= 0.6 is 0 Å². The normalized spacial score (nSPS) is 24.3. The average molecular weight is 250 g/mol. The first kappa shape index (κ1) is 13.3. The van der Waals surface area contributed by atoms with Gasteiger partial charge in [0.1, 0.15) is 5.82 Å². The Labute approximate surface area is 108 Å². The van der Waals surface area contributed by atoms with Gasteiger partial charge in [-0.15, -0.1) is 0 Å². The SMILES string of the molecule is CCc1cc(CO)cc(N2CCC(C)C(O)C2)n1. The first-order valence-electron chi connectivity index (χ1n) is 6.67. The fourth-order valence-electron chi connectivity index (χ4n) is 2.32. The fourth-order valence-corrected chi connectivity index (χ4v) is 2.32. The maximum absolute atomic E-state index is 9.94. The predicted octanol–water partition coefficient (Wildman–Crippen LogP) is 1.34. The molecule has 0 saturated carbocycles. The van der Waals surface area contributed by atoms with Crippen LogP contribution < -0.4 is 4.90 Å². The lowest BCUT2D eigenvalue weighted by molar-refractivity contribution is 0.102. The van der Waals surface area contributed by atoms with E-state index in [-0.39, 0.29) is 12.7 Å². The smallest absolute Gasteiger partial charge is 0.129 e. The molecule has 4 heteroatoms. The van der Waals surface area contributed by atoms with Gasteiger partial charge < -0.3 is 15.1 Å². The van der Waals surface area contributed by atoms with Crippen LogP contribution in [0.5, 0.6) is 0 Å². The van der Waals surface area contributed by atoms with Crippen LogP contribution in [0.25, 0.3) is 0 Å². The van der Waals surface area contributed by atoms with Crippen molar-refractivity contribution >= 4 is 5.82 Å². The molecule has 0 aliphatic carbocycles. The summed E-state index contributed by atoms with van der Waals surface area (Å²) in [6.45, 7) is 5.72. The molecule has 1 aliphatic heterocycles. The van der Waals surface area contributed by atoms with Gasteiger partial charge in [-0.1, -0.05) is 13.8 Å². The highest BCUT2D eigenvalue weighted by Crippen LogP contribution is 2.23. The third-order valence-electron chi connectivity index (χ3n) is 3.71. The number of piperidine rings is 1. The topological polar surface area (TPSA) is 56.6 Å². The Morgan fingerprint density at radius 1 is 1.44 bits per heavy atom. The molecule has 2 unspecified atom stereocenters. The number of aromatic nitrogens is 1. The third-order valence-corrected chi connectivity index (χ3v) is 3.71. The molecular formula is C14H22N2O2. The van der Waals surface area contributed by atoms with Gasteiger partial charge in [0.25, 0.3) is 0 Å². The Morgan fingerprint density at radius 3 is 2.83 bits per heavy atom. The van der Waals surface area contributed by atoms with Gasteiger partial charge in [-0.05, 0) is 36.5 Å². The molecule has 2 rings (SSSR count). The largest absolute Gasteiger partial charge is 0.392 e. The summed E-state index contributed by atoms with van der Waals surface area (Å²) in [5.41, 5.74) is 1.88. The van der Waals surface area contributed by atoms with Crippen LogP contribution in [-0.2, 0) is 13.0 Å². The van der Waals surface area contributed by atoms with E-state index >= 15 is 0 Å². The van der Waals surface area contributed by atoms with E-state index in [0.29, 0.717) is 12.5 Å². The number of aliphatic hydroxyl groups is 2. The molecule has 0 aromatic carbocycles. The summed E-state index contributed by atoms with van der Waals surface area (Å²) in [7, 11) is 0. The van der Waals surface area contributed by atoms with Crippen LogP contribution in [0.2, 0.25) is 0 Å². The zero-order valence-electron chi connectivity index (χ0n) is 11.1. The van der Waals surface area contributed by atoms with Gasteiger partial charge in [0.2, 0.25) is 0 Å². The molecule has 1 aromatic rings. The average Bonchev–Trinajstić information content (AvgIpc) is 2.41. The second-order valence-electron chi connectivity index (χ2n) is 5.12. The van der Waals surface area contributed by atoms with E-state index in [1.54, 1.807) is 0 Å². The van der Waals surface area contributed by atoms with E-state index in [1.807, 2.05) is 12.1 Å². The number of pyridine rings is 1. The minimum Gasteiger partial charge on any atom is -0.392 e. The van der Waals surface area contributed by atoms with Crippen LogP contribution in [0.3, 0.4) is 0 Å². The first-order valence-corrected chi connectivity index (χ1v) is 6.67. The molecule has 0 bridgehead atoms. The van der Waals surface area contributed by atoms with Crippen molar-refractivity contribution in [1.29, 1.82) is 0 Å². The number of anilines is 1. The maximum atomic E-state index is 9.94. The van der Waals surface area contributed by atoms with E-state index in [1.165, 1.54) is 0 Å². The molecule has 0 spiro atoms. The molecule has 2 heterocycles. The second-order valence-corrected chi connectivity index (χ2v) is 5.12. The van der Waals surface area contributed by atoms with Gasteiger partial charge in [-0.25, -0.2) is 4.98 Å². The van der Waals surface area contributed by atoms with E-state index in [0.717, 1.165) is 36.5 Å². The Morgan fingerprint density at radius 2 is 2.22 bits per heavy atom. The van der Waals surface area contributed by atoms with Crippen molar-refractivity contribution in [2.45, 2.75) is 39.4 Å². The zero-order chi connectivity index (χ0) is 13.1. The number of aryl methyl sites for hydroxylation is 1. The lowest BCUT2D eigenvalue weighted by Gasteiger charge is -2.35. The Hall–Kier alpha value is -1.13. The van der Waals surface area contributed by atoms with Crippen molar-refractivity contribution in [3.8, 4) is 0 Å². The minimum atomic E-state index is -0.289. The molecule has 100 valence electrons. The summed E-state index contributed by atoms with van der Waals surface area (Å²) in [6.07, 6.45) is 1.55. The molecule has 0 radical (unpaired) electrons. The summed E-state index contributed by atoms with van der Waals surface area (Å²) in [5.74, 6) is 1.23. The number of rotatable bonds is 3. The van der Waals surface area contributed by atoms with E-state index < -0.39 is 0 Å². The van der Waals surface area contributed by atoms with Crippen molar-refractivity contribution in [2.75, 3.05) is 18.0 Å². The summed E-state index contributed by atoms with van der Waals surface area (Å²) >= 11 is 0. The van der Waals surface area contributed by atoms with Gasteiger partial charge in [0, 0.05) is 18.8 Å². The van der Waals surface area contributed by atoms with Crippen LogP contribution in [0, 0.1) is 5.92 Å². The van der Waals surface area contributed by atoms with Crippen molar-refractivity contribution < 1.29 is 10.2 Å². The molecule has 2 atom stereocenters. The number of aliphatic hydroxyl groups excluding tert-OH is 2. The molecule has 1 saturated heterocycles. The number of hydrogen-bond acceptors (Lipinski definition) is 4. The van der Waals surface area contributed by atoms with Crippen molar-refractivity contribution in [1.82, 2.24) is 4.98 Å². The predicted molar refractivity (Wildman–Crippen MR) is 71.5 cm³/mol. The molecule has 4 nitrogen and oxygen atoms in total. The number of nitrogens with zero attached hydrogens (tertiary/aromatic N) is 2. The third kappa shape index (κ3) is 2.82. The van der Waals surface area contributed by atoms with E-state index in [2.05, 4.69) is 23.7 Å². The highest BCUT2D eigenvalue weighted by Gasteiger charge is 2.25. The van der Waals surface area contributed by atoms with Crippen LogP contribution in [-0.4, -0.2) is 34.4 Å². The Bertz CT molecular complexity index is 387. The van der Waals surface area contributed by atoms with Gasteiger partial charge in [-0.3, -0.25) is 0 Å². The lowest BCUT2D eigenvalue weighted by Crippen LogP contribution is -2.43. The Balaban J connectivity index is 2.22. The molecule has 18 heavy (non-hydrogen) atoms. The van der Waals surface area contributed by atoms with Gasteiger partial charge in [-0.2, -0.15) is 0 Å². The van der Waals surface area contributed by atoms with Crippen molar-refractivity contribution in [3.63, 3.8) is 0 Å². The second kappa shape index (κ2) is 5.67. The molecule has 0 amide bonds. The van der Waals surface area contributed by atoms with E-state index in [4.69, 9.17) is 0 Å². The zero-order valence-corrected chi connectivity index (χ0v) is 11.1. The highest BCUT2D eigenvalue weighted by atomic mass is 16.3. The Kier molecular flexibility index (Phi) is 4.19. The minimum absolute atomic E-state index is 0.0370. The lowest BCUT2D eigenvalue weighted by atomic mass is 9.96. The van der Waals surface area contributed by atoms with Crippen LogP contribution in [0.1, 0.15) is 31.5 Å². The number of hydrogen-bond donors (Lipinski definition) is 2. The highest BCUT2D eigenvalue weighted by molar-refractivity contribution is 5.43. The molecule has 1 aliphatic rings. The number of β-amino-alcohol motifs (C(OH)–C–C–N with tert-alkyl or cyclic N) is 1. The standard InChI is InChI=1S/C14H22N2O2/c1-3-12-6-11(9-17)7-14(15-12)16-5-4-10(2)13(18)8-16/h6-7,10,13,17-18H,3-5,8-9H2,1-2H3. The van der Waals surface area contributed by atoms with E-state index in [9.17, 15) is 10.2 Å². The van der Waals surface area contributed by atoms with Crippen LogP contribution in [0.4, 0.5) is 5.82 Å². The summed E-state index contributed by atoms with van der Waals surface area (Å²) in [4.78, 5) is 6.70. The summed E-state index contributed by atoms with van der Waals surface area (Å²) in [5, 5.41) is 19.2. The fraction of sp³-hybridized carbons (Fsp3) is 0.643. The molecular weight excluding hydrogens is 228 g/mol. The monoisotopic (exact) mass is 250 g/mol. The first-order chi connectivity index (χ1) is 8.63. The quantitative estimate of drug-likeness (QED) is 0.850. The summed E-state index contributed by atoms with van der Waals surface area (Å²) < 4.78 is 0.